The van der Waals surface area contributed by atoms with Crippen LogP contribution in [0.25, 0.3) is 0 Å². The molecule has 0 unspecified atom stereocenters. The van der Waals surface area contributed by atoms with Crippen molar-refractivity contribution >= 4 is 11.9 Å². The highest BCUT2D eigenvalue weighted by Crippen LogP contribution is 2.32. The fourth-order valence-electron chi connectivity index (χ4n) is 1.67. The van der Waals surface area contributed by atoms with Crippen molar-refractivity contribution in [3.63, 3.8) is 0 Å². The minimum atomic E-state index is -4.62. The lowest BCUT2D eigenvalue weighted by atomic mass is 10.0. The van der Waals surface area contributed by atoms with Gasteiger partial charge in [0.1, 0.15) is 0 Å². The molecule has 0 fully saturated rings. The van der Waals surface area contributed by atoms with Crippen molar-refractivity contribution in [2.75, 3.05) is 0 Å². The molecule has 1 rings (SSSR count). The zero-order valence-electron chi connectivity index (χ0n) is 10.8. The highest BCUT2D eigenvalue weighted by molar-refractivity contribution is 5.93. The second-order valence-electron chi connectivity index (χ2n) is 4.08. The van der Waals surface area contributed by atoms with E-state index in [1.54, 1.807) is 0 Å². The lowest BCUT2D eigenvalue weighted by Gasteiger charge is -2.11. The number of carbonyl (C=O) groups is 2. The molecule has 0 aromatic heterocycles. The second-order valence-corrected chi connectivity index (χ2v) is 4.08. The molecule has 0 saturated heterocycles. The van der Waals surface area contributed by atoms with Gasteiger partial charge in [-0.1, -0.05) is 24.3 Å². The Hall–Kier alpha value is -2.45. The Balaban J connectivity index is 3.05. The van der Waals surface area contributed by atoms with E-state index in [9.17, 15) is 31.8 Å². The summed E-state index contributed by atoms with van der Waals surface area (Å²) in [4.78, 5) is 27.5. The molecule has 0 N–H and O–H groups in total. The van der Waals surface area contributed by atoms with Crippen molar-refractivity contribution in [3.8, 4) is 0 Å². The van der Waals surface area contributed by atoms with E-state index < -0.39 is 42.1 Å². The van der Waals surface area contributed by atoms with Gasteiger partial charge in [0.2, 0.25) is 0 Å². The number of rotatable bonds is 5. The number of halogens is 5. The van der Waals surface area contributed by atoms with Crippen LogP contribution in [0.5, 0.6) is 0 Å². The van der Waals surface area contributed by atoms with Crippen LogP contribution in [0.2, 0.25) is 0 Å². The van der Waals surface area contributed by atoms with E-state index in [2.05, 4.69) is 9.88 Å². The third-order valence-electron chi connectivity index (χ3n) is 2.64. The number of carbonyl (C=O) groups excluding carboxylic acids is 2. The van der Waals surface area contributed by atoms with E-state index >= 15 is 0 Å². The molecule has 0 amide bonds. The van der Waals surface area contributed by atoms with E-state index in [0.717, 1.165) is 18.2 Å². The van der Waals surface area contributed by atoms with Gasteiger partial charge in [-0.2, -0.15) is 13.2 Å². The number of hydrogen-bond donors (Lipinski definition) is 0. The lowest BCUT2D eigenvalue weighted by molar-refractivity contribution is -0.186. The van der Waals surface area contributed by atoms with Gasteiger partial charge in [-0.05, 0) is 18.1 Å². The van der Waals surface area contributed by atoms with E-state index in [-0.39, 0.29) is 5.56 Å². The zero-order chi connectivity index (χ0) is 16.8. The van der Waals surface area contributed by atoms with E-state index in [0.29, 0.717) is 0 Å². The van der Waals surface area contributed by atoms with E-state index in [4.69, 9.17) is 0 Å². The number of alkyl halides is 3. The van der Waals surface area contributed by atoms with Gasteiger partial charge in [-0.25, -0.2) is 14.5 Å². The molecule has 0 aliphatic rings. The average molecular weight is 324 g/mol. The molecule has 0 aliphatic heterocycles. The molecule has 0 saturated carbocycles. The summed E-state index contributed by atoms with van der Waals surface area (Å²) in [6.45, 7) is 0. The predicted molar refractivity (Wildman–Crippen MR) is 62.2 cm³/mol. The normalized spacial score (nSPS) is 12.0. The van der Waals surface area contributed by atoms with Crippen LogP contribution in [0.1, 0.15) is 17.5 Å². The SMILES string of the molecule is O=C(CC(=CCc1ccccc1C(F)(F)F)C(=O)OF)OF. The van der Waals surface area contributed by atoms with Crippen LogP contribution >= 0.6 is 0 Å². The molecule has 0 spiro atoms. The lowest BCUT2D eigenvalue weighted by Crippen LogP contribution is -2.11. The van der Waals surface area contributed by atoms with E-state index in [1.807, 2.05) is 0 Å². The Labute approximate surface area is 120 Å². The average Bonchev–Trinajstić information content (AvgIpc) is 2.49. The minimum Gasteiger partial charge on any atom is -0.255 e. The molecular formula is C13H9F5O4. The van der Waals surface area contributed by atoms with Crippen molar-refractivity contribution in [2.24, 2.45) is 0 Å². The Morgan fingerprint density at radius 1 is 1.09 bits per heavy atom. The smallest absolute Gasteiger partial charge is 0.255 e. The van der Waals surface area contributed by atoms with Gasteiger partial charge in [-0.15, -0.1) is 0 Å². The maximum absolute atomic E-state index is 12.8. The molecule has 4 nitrogen and oxygen atoms in total. The number of benzene rings is 1. The fraction of sp³-hybridized carbons (Fsp3) is 0.231. The van der Waals surface area contributed by atoms with Crippen LogP contribution < -0.4 is 0 Å². The molecule has 0 atom stereocenters. The first-order chi connectivity index (χ1) is 10.3. The van der Waals surface area contributed by atoms with Crippen LogP contribution in [0.3, 0.4) is 0 Å². The first kappa shape index (κ1) is 17.6. The van der Waals surface area contributed by atoms with Gasteiger partial charge in [0.05, 0.1) is 12.0 Å². The summed E-state index contributed by atoms with van der Waals surface area (Å²) in [5.41, 5.74) is -1.83. The highest BCUT2D eigenvalue weighted by Gasteiger charge is 2.32. The minimum absolute atomic E-state index is 0.215. The Bertz CT molecular complexity index is 580. The van der Waals surface area contributed by atoms with Crippen LogP contribution in [0, 0.1) is 0 Å². The van der Waals surface area contributed by atoms with Crippen molar-refractivity contribution in [2.45, 2.75) is 19.0 Å². The topological polar surface area (TPSA) is 52.6 Å². The highest BCUT2D eigenvalue weighted by atomic mass is 19.4. The standard InChI is InChI=1S/C13H9F5O4/c14-13(15,16)10-4-2-1-3-8(10)5-6-9(12(20)22-18)7-11(19)21-17/h1-4,6H,5,7H2. The van der Waals surface area contributed by atoms with Crippen molar-refractivity contribution < 1.29 is 41.7 Å². The van der Waals surface area contributed by atoms with Gasteiger partial charge < -0.3 is 0 Å². The summed E-state index contributed by atoms with van der Waals surface area (Å²) in [6.07, 6.45) is -5.21. The van der Waals surface area contributed by atoms with Crippen molar-refractivity contribution in [1.82, 2.24) is 0 Å². The number of allylic oxidation sites excluding steroid dienone is 1. The maximum atomic E-state index is 12.8. The first-order valence-electron chi connectivity index (χ1n) is 5.78. The molecule has 0 bridgehead atoms. The fourth-order valence-corrected chi connectivity index (χ4v) is 1.67. The Morgan fingerprint density at radius 3 is 2.27 bits per heavy atom. The molecule has 0 heterocycles. The predicted octanol–water partition coefficient (Wildman–Crippen LogP) is 3.42. The van der Waals surface area contributed by atoms with Crippen molar-refractivity contribution in [1.29, 1.82) is 0 Å². The molecule has 22 heavy (non-hydrogen) atoms. The largest absolute Gasteiger partial charge is 0.416 e. The molecule has 1 aromatic rings. The molecule has 120 valence electrons. The van der Waals surface area contributed by atoms with Crippen molar-refractivity contribution in [3.05, 3.63) is 47.0 Å². The summed E-state index contributed by atoms with van der Waals surface area (Å²) >= 11 is 0. The van der Waals surface area contributed by atoms with E-state index in [1.165, 1.54) is 12.1 Å². The van der Waals surface area contributed by atoms with Gasteiger partial charge in [0.15, 0.2) is 0 Å². The first-order valence-corrected chi connectivity index (χ1v) is 5.78. The Kier molecular flexibility index (Phi) is 6.02. The third kappa shape index (κ3) is 4.83. The second kappa shape index (κ2) is 7.53. The molecule has 1 aromatic carbocycles. The summed E-state index contributed by atoms with van der Waals surface area (Å²) in [6, 6.07) is 4.48. The van der Waals surface area contributed by atoms with Gasteiger partial charge >= 0.3 is 18.1 Å². The summed E-state index contributed by atoms with van der Waals surface area (Å²) in [7, 11) is 0. The maximum Gasteiger partial charge on any atom is 0.416 e. The van der Waals surface area contributed by atoms with Crippen LogP contribution in [-0.4, -0.2) is 11.9 Å². The summed E-state index contributed by atoms with van der Waals surface area (Å²) in [5, 5.41) is 0. The third-order valence-corrected chi connectivity index (χ3v) is 2.64. The molecule has 0 aliphatic carbocycles. The zero-order valence-corrected chi connectivity index (χ0v) is 10.8. The Morgan fingerprint density at radius 2 is 1.73 bits per heavy atom. The number of hydrogen-bond acceptors (Lipinski definition) is 4. The summed E-state index contributed by atoms with van der Waals surface area (Å²) < 4.78 is 61.8. The van der Waals surface area contributed by atoms with Gasteiger partial charge in [-0.3, -0.25) is 4.94 Å². The molecule has 9 heteroatoms. The van der Waals surface area contributed by atoms with Crippen LogP contribution in [0.15, 0.2) is 35.9 Å². The summed E-state index contributed by atoms with van der Waals surface area (Å²) in [5.74, 6) is -3.13. The van der Waals surface area contributed by atoms with Crippen LogP contribution in [0.4, 0.5) is 22.2 Å². The quantitative estimate of drug-likeness (QED) is 0.615. The van der Waals surface area contributed by atoms with Crippen LogP contribution in [-0.2, 0) is 32.1 Å². The molecule has 0 radical (unpaired) electrons. The van der Waals surface area contributed by atoms with Gasteiger partial charge in [0.25, 0.3) is 0 Å². The molecular weight excluding hydrogens is 315 g/mol. The monoisotopic (exact) mass is 324 g/mol. The van der Waals surface area contributed by atoms with Gasteiger partial charge in [0, 0.05) is 14.6 Å².